The largest absolute Gasteiger partial charge is 0.390 e. The van der Waals surface area contributed by atoms with Gasteiger partial charge in [0.1, 0.15) is 0 Å². The Labute approximate surface area is 85.2 Å². The van der Waals surface area contributed by atoms with Crippen LogP contribution in [0.3, 0.4) is 0 Å². The lowest BCUT2D eigenvalue weighted by atomic mass is 9.97. The number of benzene rings is 1. The minimum Gasteiger partial charge on any atom is -0.390 e. The molecule has 0 heterocycles. The Bertz CT molecular complexity index is 280. The van der Waals surface area contributed by atoms with Crippen molar-refractivity contribution in [1.82, 2.24) is 0 Å². The van der Waals surface area contributed by atoms with Crippen LogP contribution < -0.4 is 0 Å². The Morgan fingerprint density at radius 1 is 1.21 bits per heavy atom. The van der Waals surface area contributed by atoms with Gasteiger partial charge in [-0.2, -0.15) is 0 Å². The van der Waals surface area contributed by atoms with Gasteiger partial charge in [0.05, 0.1) is 11.7 Å². The van der Waals surface area contributed by atoms with Crippen molar-refractivity contribution in [3.8, 4) is 0 Å². The van der Waals surface area contributed by atoms with Gasteiger partial charge in [-0.1, -0.05) is 24.3 Å². The fraction of sp³-hybridized carbons (Fsp3) is 0.500. The lowest BCUT2D eigenvalue weighted by molar-refractivity contribution is 0.0810. The second kappa shape index (κ2) is 4.11. The molecule has 2 nitrogen and oxygen atoms in total. The van der Waals surface area contributed by atoms with Crippen LogP contribution in [0.25, 0.3) is 0 Å². The third-order valence-corrected chi connectivity index (χ3v) is 2.10. The second-order valence-electron chi connectivity index (χ2n) is 4.41. The van der Waals surface area contributed by atoms with E-state index in [0.717, 1.165) is 11.1 Å². The van der Waals surface area contributed by atoms with Crippen LogP contribution in [0.5, 0.6) is 0 Å². The second-order valence-corrected chi connectivity index (χ2v) is 4.41. The molecule has 2 N–H and O–H groups in total. The Kier molecular flexibility index (Phi) is 3.29. The summed E-state index contributed by atoms with van der Waals surface area (Å²) in [6.07, 6.45) is 0.207. The average Bonchev–Trinajstić information content (AvgIpc) is 2.02. The predicted octanol–water partition coefficient (Wildman–Crippen LogP) is 2.05. The van der Waals surface area contributed by atoms with Crippen LogP contribution in [0.2, 0.25) is 0 Å². The van der Waals surface area contributed by atoms with Crippen LogP contribution in [0.4, 0.5) is 0 Å². The van der Waals surface area contributed by atoms with Crippen molar-refractivity contribution in [1.29, 1.82) is 0 Å². The van der Waals surface area contributed by atoms with E-state index in [1.807, 2.05) is 24.3 Å². The number of aliphatic hydroxyl groups is 2. The fourth-order valence-corrected chi connectivity index (χ4v) is 1.41. The molecular formula is C12H18O2. The summed E-state index contributed by atoms with van der Waals surface area (Å²) in [5.41, 5.74) is 1.32. The third-order valence-electron chi connectivity index (χ3n) is 2.10. The normalized spacial score (nSPS) is 14.1. The highest BCUT2D eigenvalue weighted by Crippen LogP contribution is 2.16. The Morgan fingerprint density at radius 2 is 1.71 bits per heavy atom. The first-order valence-electron chi connectivity index (χ1n) is 4.88. The maximum Gasteiger partial charge on any atom is 0.0761 e. The first-order chi connectivity index (χ1) is 6.38. The maximum absolute atomic E-state index is 9.60. The van der Waals surface area contributed by atoms with Crippen molar-refractivity contribution < 1.29 is 10.2 Å². The summed E-state index contributed by atoms with van der Waals surface area (Å²) in [5.74, 6) is 0. The lowest BCUT2D eigenvalue weighted by Crippen LogP contribution is -2.21. The number of hydrogen-bond donors (Lipinski definition) is 2. The molecule has 0 saturated carbocycles. The third kappa shape index (κ3) is 3.48. The molecule has 2 heteroatoms. The molecule has 0 aliphatic rings. The van der Waals surface area contributed by atoms with Crippen molar-refractivity contribution in [2.24, 2.45) is 0 Å². The first-order valence-corrected chi connectivity index (χ1v) is 4.88. The first kappa shape index (κ1) is 11.2. The van der Waals surface area contributed by atoms with E-state index in [0.29, 0.717) is 6.42 Å². The molecule has 1 rings (SSSR count). The molecule has 0 radical (unpaired) electrons. The van der Waals surface area contributed by atoms with Gasteiger partial charge >= 0.3 is 0 Å². The zero-order chi connectivity index (χ0) is 10.8. The molecule has 0 fully saturated rings. The van der Waals surface area contributed by atoms with Gasteiger partial charge in [-0.25, -0.2) is 0 Å². The van der Waals surface area contributed by atoms with Gasteiger partial charge in [0.15, 0.2) is 0 Å². The van der Waals surface area contributed by atoms with Crippen molar-refractivity contribution in [3.05, 3.63) is 35.4 Å². The van der Waals surface area contributed by atoms with E-state index in [4.69, 9.17) is 0 Å². The zero-order valence-corrected chi connectivity index (χ0v) is 8.99. The summed E-state index contributed by atoms with van der Waals surface area (Å²) in [6.45, 7) is 5.32. The van der Waals surface area contributed by atoms with Crippen LogP contribution in [-0.4, -0.2) is 15.8 Å². The molecular weight excluding hydrogens is 176 g/mol. The number of rotatable bonds is 3. The Balaban J connectivity index is 2.74. The Morgan fingerprint density at radius 3 is 2.07 bits per heavy atom. The van der Waals surface area contributed by atoms with Crippen LogP contribution in [-0.2, 0) is 6.42 Å². The van der Waals surface area contributed by atoms with E-state index in [1.165, 1.54) is 0 Å². The van der Waals surface area contributed by atoms with E-state index in [1.54, 1.807) is 20.8 Å². The van der Waals surface area contributed by atoms with Crippen LogP contribution in [0.1, 0.15) is 38.0 Å². The summed E-state index contributed by atoms with van der Waals surface area (Å²) in [4.78, 5) is 0. The number of hydrogen-bond acceptors (Lipinski definition) is 2. The molecule has 1 atom stereocenters. The van der Waals surface area contributed by atoms with E-state index in [2.05, 4.69) is 0 Å². The summed E-state index contributed by atoms with van der Waals surface area (Å²) in [6, 6.07) is 7.68. The van der Waals surface area contributed by atoms with Crippen LogP contribution in [0.15, 0.2) is 24.3 Å². The molecule has 14 heavy (non-hydrogen) atoms. The van der Waals surface area contributed by atoms with Crippen LogP contribution >= 0.6 is 0 Å². The van der Waals surface area contributed by atoms with E-state index in [9.17, 15) is 10.2 Å². The summed E-state index contributed by atoms with van der Waals surface area (Å²) in [5, 5.41) is 18.9. The monoisotopic (exact) mass is 194 g/mol. The molecule has 78 valence electrons. The highest BCUT2D eigenvalue weighted by molar-refractivity contribution is 5.24. The highest BCUT2D eigenvalue weighted by atomic mass is 16.3. The summed E-state index contributed by atoms with van der Waals surface area (Å²) < 4.78 is 0. The highest BCUT2D eigenvalue weighted by Gasteiger charge is 2.13. The quantitative estimate of drug-likeness (QED) is 0.773. The van der Waals surface area contributed by atoms with Gasteiger partial charge in [-0.15, -0.1) is 0 Å². The molecule has 0 aliphatic carbocycles. The number of aliphatic hydroxyl groups excluding tert-OH is 1. The lowest BCUT2D eigenvalue weighted by Gasteiger charge is -2.17. The minimum absolute atomic E-state index is 0.425. The molecule has 1 aromatic carbocycles. The molecule has 0 aromatic heterocycles. The topological polar surface area (TPSA) is 40.5 Å². The van der Waals surface area contributed by atoms with Gasteiger partial charge in [-0.3, -0.25) is 0 Å². The van der Waals surface area contributed by atoms with Crippen molar-refractivity contribution in [2.45, 2.75) is 38.9 Å². The molecule has 0 spiro atoms. The minimum atomic E-state index is -0.674. The molecule has 0 saturated heterocycles. The van der Waals surface area contributed by atoms with Crippen molar-refractivity contribution in [3.63, 3.8) is 0 Å². The van der Waals surface area contributed by atoms with E-state index in [-0.39, 0.29) is 0 Å². The van der Waals surface area contributed by atoms with Crippen LogP contribution in [0, 0.1) is 0 Å². The summed E-state index contributed by atoms with van der Waals surface area (Å²) in [7, 11) is 0. The maximum atomic E-state index is 9.60. The predicted molar refractivity (Wildman–Crippen MR) is 57.1 cm³/mol. The molecule has 0 amide bonds. The zero-order valence-electron chi connectivity index (χ0n) is 8.99. The van der Waals surface area contributed by atoms with E-state index >= 15 is 0 Å². The van der Waals surface area contributed by atoms with E-state index < -0.39 is 11.7 Å². The SMILES string of the molecule is CC(O)c1ccc(CC(C)(C)O)cc1. The standard InChI is InChI=1S/C12H18O2/c1-9(13)11-6-4-10(5-7-11)8-12(2,3)14/h4-7,9,13-14H,8H2,1-3H3. The van der Waals surface area contributed by atoms with Gasteiger partial charge < -0.3 is 10.2 Å². The van der Waals surface area contributed by atoms with Crippen molar-refractivity contribution in [2.75, 3.05) is 0 Å². The Hall–Kier alpha value is -0.860. The fourth-order valence-electron chi connectivity index (χ4n) is 1.41. The molecule has 0 aliphatic heterocycles. The van der Waals surface area contributed by atoms with Crippen molar-refractivity contribution >= 4 is 0 Å². The van der Waals surface area contributed by atoms with Gasteiger partial charge in [0, 0.05) is 6.42 Å². The van der Waals surface area contributed by atoms with Gasteiger partial charge in [-0.05, 0) is 31.9 Å². The smallest absolute Gasteiger partial charge is 0.0761 e. The van der Waals surface area contributed by atoms with Gasteiger partial charge in [0.25, 0.3) is 0 Å². The average molecular weight is 194 g/mol. The molecule has 0 bridgehead atoms. The summed E-state index contributed by atoms with van der Waals surface area (Å²) >= 11 is 0. The molecule has 1 aromatic rings. The van der Waals surface area contributed by atoms with Gasteiger partial charge in [0.2, 0.25) is 0 Å². The molecule has 1 unspecified atom stereocenters.